The first kappa shape index (κ1) is 20.1. The average molecular weight is 460 g/mol. The highest BCUT2D eigenvalue weighted by atomic mass is 32.2. The molecule has 3 aromatic rings. The van der Waals surface area contributed by atoms with Gasteiger partial charge in [0.25, 0.3) is 5.91 Å². The highest BCUT2D eigenvalue weighted by Gasteiger charge is 2.33. The van der Waals surface area contributed by atoms with Crippen LogP contribution in [0.1, 0.15) is 0 Å². The molecule has 2 aliphatic heterocycles. The summed E-state index contributed by atoms with van der Waals surface area (Å²) < 4.78 is 36.5. The summed E-state index contributed by atoms with van der Waals surface area (Å²) in [5.41, 5.74) is 0.509. The van der Waals surface area contributed by atoms with Crippen LogP contribution < -0.4 is 14.4 Å². The SMILES string of the molecule is CS(=O)(=O)c1cccc2sc(N3CCN(C(=O)C4COc5ccccc5O4)CC3)nc12. The molecule has 1 fully saturated rings. The first-order chi connectivity index (χ1) is 14.9. The number of hydrogen-bond donors (Lipinski definition) is 0. The highest BCUT2D eigenvalue weighted by Crippen LogP contribution is 2.34. The number of para-hydroxylation sites is 3. The molecule has 0 aliphatic carbocycles. The summed E-state index contributed by atoms with van der Waals surface area (Å²) >= 11 is 1.47. The Kier molecular flexibility index (Phi) is 4.98. The number of amides is 1. The van der Waals surface area contributed by atoms with Crippen LogP contribution in [0.5, 0.6) is 11.5 Å². The van der Waals surface area contributed by atoms with Gasteiger partial charge in [-0.25, -0.2) is 13.4 Å². The van der Waals surface area contributed by atoms with Crippen molar-refractivity contribution in [3.63, 3.8) is 0 Å². The topological polar surface area (TPSA) is 89.0 Å². The Balaban J connectivity index is 1.27. The minimum atomic E-state index is -3.35. The summed E-state index contributed by atoms with van der Waals surface area (Å²) in [6.07, 6.45) is 0.543. The molecule has 31 heavy (non-hydrogen) atoms. The number of ether oxygens (including phenoxy) is 2. The van der Waals surface area contributed by atoms with Crippen LogP contribution in [0, 0.1) is 0 Å². The van der Waals surface area contributed by atoms with Gasteiger partial charge >= 0.3 is 0 Å². The number of thiazole rings is 1. The fourth-order valence-electron chi connectivity index (χ4n) is 3.81. The van der Waals surface area contributed by atoms with Crippen molar-refractivity contribution in [2.45, 2.75) is 11.0 Å². The van der Waals surface area contributed by atoms with Gasteiger partial charge in [-0.1, -0.05) is 29.5 Å². The minimum absolute atomic E-state index is 0.0854. The number of carbonyl (C=O) groups is 1. The van der Waals surface area contributed by atoms with Crippen molar-refractivity contribution >= 4 is 42.4 Å². The van der Waals surface area contributed by atoms with Crippen LogP contribution in [-0.4, -0.2) is 69.4 Å². The summed E-state index contributed by atoms with van der Waals surface area (Å²) in [5, 5.41) is 0.768. The largest absolute Gasteiger partial charge is 0.485 e. The minimum Gasteiger partial charge on any atom is -0.485 e. The molecule has 0 N–H and O–H groups in total. The van der Waals surface area contributed by atoms with Crippen LogP contribution >= 0.6 is 11.3 Å². The van der Waals surface area contributed by atoms with Crippen LogP contribution in [0.15, 0.2) is 47.4 Å². The van der Waals surface area contributed by atoms with E-state index in [0.717, 1.165) is 9.83 Å². The number of carbonyl (C=O) groups excluding carboxylic acids is 1. The number of sulfone groups is 1. The van der Waals surface area contributed by atoms with E-state index in [1.165, 1.54) is 17.6 Å². The van der Waals surface area contributed by atoms with Gasteiger partial charge in [0.15, 0.2) is 26.5 Å². The normalized spacial score (nSPS) is 18.9. The molecule has 0 spiro atoms. The Morgan fingerprint density at radius 2 is 1.81 bits per heavy atom. The lowest BCUT2D eigenvalue weighted by molar-refractivity contribution is -0.141. The molecule has 0 bridgehead atoms. The molecule has 1 unspecified atom stereocenters. The van der Waals surface area contributed by atoms with Gasteiger partial charge in [-0.3, -0.25) is 4.79 Å². The number of fused-ring (bicyclic) bond motifs is 2. The van der Waals surface area contributed by atoms with E-state index in [1.807, 2.05) is 24.3 Å². The van der Waals surface area contributed by atoms with E-state index in [4.69, 9.17) is 9.47 Å². The second-order valence-corrected chi connectivity index (χ2v) is 10.5. The molecule has 0 radical (unpaired) electrons. The predicted molar refractivity (Wildman–Crippen MR) is 118 cm³/mol. The standard InChI is InChI=1S/C21H21N3O5S2/c1-31(26,27)18-8-4-7-17-19(18)22-21(30-17)24-11-9-23(10-12-24)20(25)16-13-28-14-5-2-3-6-15(14)29-16/h2-8,16H,9-13H2,1H3. The fraction of sp³-hybridized carbons (Fsp3) is 0.333. The molecule has 1 aromatic heterocycles. The van der Waals surface area contributed by atoms with Crippen molar-refractivity contribution in [3.8, 4) is 11.5 Å². The molecule has 0 saturated carbocycles. The van der Waals surface area contributed by atoms with Crippen LogP contribution in [0.4, 0.5) is 5.13 Å². The van der Waals surface area contributed by atoms with Gasteiger partial charge in [0.05, 0.1) is 9.60 Å². The molecule has 162 valence electrons. The van der Waals surface area contributed by atoms with Crippen molar-refractivity contribution in [3.05, 3.63) is 42.5 Å². The maximum absolute atomic E-state index is 12.9. The molecular formula is C21H21N3O5S2. The van der Waals surface area contributed by atoms with Crippen molar-refractivity contribution in [2.24, 2.45) is 0 Å². The summed E-state index contributed by atoms with van der Waals surface area (Å²) in [6.45, 7) is 2.50. The number of anilines is 1. The molecule has 1 atom stereocenters. The van der Waals surface area contributed by atoms with Gasteiger partial charge in [-0.05, 0) is 24.3 Å². The summed E-state index contributed by atoms with van der Waals surface area (Å²) in [6, 6.07) is 12.5. The molecule has 2 aliphatic rings. The first-order valence-electron chi connectivity index (χ1n) is 9.92. The first-order valence-corrected chi connectivity index (χ1v) is 12.6. The van der Waals surface area contributed by atoms with Gasteiger partial charge in [-0.2, -0.15) is 0 Å². The number of benzene rings is 2. The lowest BCUT2D eigenvalue weighted by Gasteiger charge is -2.37. The molecule has 3 heterocycles. The van der Waals surface area contributed by atoms with Gasteiger partial charge in [0.2, 0.25) is 6.10 Å². The van der Waals surface area contributed by atoms with Gasteiger partial charge in [-0.15, -0.1) is 0 Å². The van der Waals surface area contributed by atoms with Crippen molar-refractivity contribution in [2.75, 3.05) is 43.9 Å². The summed E-state index contributed by atoms with van der Waals surface area (Å²) in [7, 11) is -3.35. The number of aromatic nitrogens is 1. The number of hydrogen-bond acceptors (Lipinski definition) is 8. The zero-order valence-corrected chi connectivity index (χ0v) is 18.5. The van der Waals surface area contributed by atoms with E-state index < -0.39 is 15.9 Å². The van der Waals surface area contributed by atoms with Gasteiger partial charge < -0.3 is 19.3 Å². The quantitative estimate of drug-likeness (QED) is 0.593. The zero-order valence-electron chi connectivity index (χ0n) is 16.9. The van der Waals surface area contributed by atoms with Crippen molar-refractivity contribution < 1.29 is 22.7 Å². The second-order valence-electron chi connectivity index (χ2n) is 7.55. The molecule has 1 saturated heterocycles. The molecular weight excluding hydrogens is 438 g/mol. The Labute approximate surface area is 183 Å². The number of rotatable bonds is 3. The lowest BCUT2D eigenvalue weighted by atomic mass is 10.2. The third-order valence-corrected chi connectivity index (χ3v) is 7.63. The van der Waals surface area contributed by atoms with Crippen LogP contribution in [-0.2, 0) is 14.6 Å². The Morgan fingerprint density at radius 1 is 1.06 bits per heavy atom. The Morgan fingerprint density at radius 3 is 2.55 bits per heavy atom. The Bertz CT molecular complexity index is 1250. The summed E-state index contributed by atoms with van der Waals surface area (Å²) in [4.78, 5) is 21.7. The maximum Gasteiger partial charge on any atom is 0.267 e. The molecule has 1 amide bonds. The van der Waals surface area contributed by atoms with E-state index in [1.54, 1.807) is 23.1 Å². The zero-order chi connectivity index (χ0) is 21.6. The van der Waals surface area contributed by atoms with Crippen molar-refractivity contribution in [1.82, 2.24) is 9.88 Å². The van der Waals surface area contributed by atoms with E-state index in [9.17, 15) is 13.2 Å². The predicted octanol–water partition coefficient (Wildman–Crippen LogP) is 2.19. The van der Waals surface area contributed by atoms with E-state index in [2.05, 4.69) is 9.88 Å². The molecule has 8 nitrogen and oxygen atoms in total. The second kappa shape index (κ2) is 7.69. The van der Waals surface area contributed by atoms with E-state index in [0.29, 0.717) is 43.2 Å². The number of nitrogens with zero attached hydrogens (tertiary/aromatic N) is 3. The smallest absolute Gasteiger partial charge is 0.267 e. The Hall–Kier alpha value is -2.85. The maximum atomic E-state index is 12.9. The summed E-state index contributed by atoms with van der Waals surface area (Å²) in [5.74, 6) is 1.15. The third kappa shape index (κ3) is 3.81. The van der Waals surface area contributed by atoms with E-state index >= 15 is 0 Å². The fourth-order valence-corrected chi connectivity index (χ4v) is 5.75. The highest BCUT2D eigenvalue weighted by molar-refractivity contribution is 7.91. The van der Waals surface area contributed by atoms with Crippen LogP contribution in [0.3, 0.4) is 0 Å². The monoisotopic (exact) mass is 459 g/mol. The lowest BCUT2D eigenvalue weighted by Crippen LogP contribution is -2.54. The molecule has 10 heteroatoms. The number of piperazine rings is 1. The average Bonchev–Trinajstić information content (AvgIpc) is 3.22. The van der Waals surface area contributed by atoms with Gasteiger partial charge in [0, 0.05) is 32.4 Å². The molecule has 5 rings (SSSR count). The van der Waals surface area contributed by atoms with Gasteiger partial charge in [0.1, 0.15) is 12.1 Å². The van der Waals surface area contributed by atoms with Crippen LogP contribution in [0.25, 0.3) is 10.2 Å². The van der Waals surface area contributed by atoms with E-state index in [-0.39, 0.29) is 17.4 Å². The van der Waals surface area contributed by atoms with Crippen molar-refractivity contribution in [1.29, 1.82) is 0 Å². The van der Waals surface area contributed by atoms with Crippen LogP contribution in [0.2, 0.25) is 0 Å². The third-order valence-electron chi connectivity index (χ3n) is 5.42. The molecule has 2 aromatic carbocycles.